The molecule has 0 spiro atoms. The maximum absolute atomic E-state index is 13.2. The molecule has 2 aromatic carbocycles. The molecule has 106 valence electrons. The first-order chi connectivity index (χ1) is 10.0. The number of nitrogens with zero attached hydrogens (tertiary/aromatic N) is 2. The summed E-state index contributed by atoms with van der Waals surface area (Å²) >= 11 is 5.68. The number of hydrogen-bond donors (Lipinski definition) is 1. The molecule has 0 amide bonds. The zero-order valence-corrected chi connectivity index (χ0v) is 11.1. The van der Waals surface area contributed by atoms with E-state index in [0.717, 1.165) is 12.1 Å². The van der Waals surface area contributed by atoms with Gasteiger partial charge in [-0.1, -0.05) is 16.8 Å². The van der Waals surface area contributed by atoms with Crippen molar-refractivity contribution in [3.05, 3.63) is 53.1 Å². The number of rotatable bonds is 2. The molecule has 0 saturated carbocycles. The Labute approximate surface area is 122 Å². The first-order valence-corrected chi connectivity index (χ1v) is 6.20. The number of benzene rings is 2. The highest BCUT2D eigenvalue weighted by molar-refractivity contribution is 6.31. The van der Waals surface area contributed by atoms with E-state index in [4.69, 9.17) is 16.1 Å². The Morgan fingerprint density at radius 3 is 2.67 bits per heavy atom. The van der Waals surface area contributed by atoms with Crippen LogP contribution in [-0.4, -0.2) is 15.2 Å². The molecule has 0 unspecified atom stereocenters. The van der Waals surface area contributed by atoms with E-state index in [9.17, 15) is 13.9 Å². The van der Waals surface area contributed by atoms with E-state index in [1.165, 1.54) is 24.3 Å². The molecule has 1 N–H and O–H groups in total. The van der Waals surface area contributed by atoms with Crippen molar-refractivity contribution in [2.45, 2.75) is 0 Å². The van der Waals surface area contributed by atoms with Crippen LogP contribution in [0.3, 0.4) is 0 Å². The average Bonchev–Trinajstić information content (AvgIpc) is 2.94. The number of aromatic hydroxyl groups is 1. The van der Waals surface area contributed by atoms with E-state index < -0.39 is 11.6 Å². The standard InChI is InChI=1S/C14H7ClF2N2O2/c15-10-5-7(1-3-11(10)17)13-18-14(21-19-13)9-6-8(16)2-4-12(9)20/h1-6,20H. The fraction of sp³-hybridized carbons (Fsp3) is 0. The summed E-state index contributed by atoms with van der Waals surface area (Å²) in [5, 5.41) is 13.3. The van der Waals surface area contributed by atoms with Gasteiger partial charge in [-0.2, -0.15) is 4.98 Å². The van der Waals surface area contributed by atoms with Crippen LogP contribution in [0.2, 0.25) is 5.02 Å². The van der Waals surface area contributed by atoms with Crippen LogP contribution in [0.25, 0.3) is 22.8 Å². The second-order valence-electron chi connectivity index (χ2n) is 4.21. The molecule has 1 aromatic heterocycles. The smallest absolute Gasteiger partial charge is 0.262 e. The topological polar surface area (TPSA) is 59.2 Å². The van der Waals surface area contributed by atoms with Crippen LogP contribution in [0.15, 0.2) is 40.9 Å². The number of halogens is 3. The second kappa shape index (κ2) is 5.14. The summed E-state index contributed by atoms with van der Waals surface area (Å²) < 4.78 is 31.3. The van der Waals surface area contributed by atoms with Gasteiger partial charge in [0.1, 0.15) is 17.4 Å². The van der Waals surface area contributed by atoms with Gasteiger partial charge in [-0.15, -0.1) is 0 Å². The summed E-state index contributed by atoms with van der Waals surface area (Å²) in [6.07, 6.45) is 0. The molecule has 3 rings (SSSR count). The van der Waals surface area contributed by atoms with Gasteiger partial charge in [0.25, 0.3) is 5.89 Å². The van der Waals surface area contributed by atoms with Crippen molar-refractivity contribution >= 4 is 11.6 Å². The van der Waals surface area contributed by atoms with Gasteiger partial charge < -0.3 is 9.63 Å². The molecule has 3 aromatic rings. The quantitative estimate of drug-likeness (QED) is 0.776. The summed E-state index contributed by atoms with van der Waals surface area (Å²) in [6.45, 7) is 0. The van der Waals surface area contributed by atoms with Crippen molar-refractivity contribution in [2.75, 3.05) is 0 Å². The molecule has 1 heterocycles. The highest BCUT2D eigenvalue weighted by Gasteiger charge is 2.15. The average molecular weight is 309 g/mol. The molecule has 0 radical (unpaired) electrons. The van der Waals surface area contributed by atoms with Crippen molar-refractivity contribution in [1.29, 1.82) is 0 Å². The molecule has 0 fully saturated rings. The van der Waals surface area contributed by atoms with Gasteiger partial charge in [0.05, 0.1) is 10.6 Å². The Bertz CT molecular complexity index is 820. The number of hydrogen-bond acceptors (Lipinski definition) is 4. The summed E-state index contributed by atoms with van der Waals surface area (Å²) in [7, 11) is 0. The van der Waals surface area contributed by atoms with Crippen molar-refractivity contribution in [3.63, 3.8) is 0 Å². The SMILES string of the molecule is Oc1ccc(F)cc1-c1nc(-c2ccc(F)c(Cl)c2)no1. The van der Waals surface area contributed by atoms with Crippen molar-refractivity contribution in [1.82, 2.24) is 10.1 Å². The van der Waals surface area contributed by atoms with Crippen LogP contribution >= 0.6 is 11.6 Å². The highest BCUT2D eigenvalue weighted by atomic mass is 35.5. The fourth-order valence-electron chi connectivity index (χ4n) is 1.76. The molecular weight excluding hydrogens is 302 g/mol. The molecule has 0 saturated heterocycles. The van der Waals surface area contributed by atoms with Crippen LogP contribution in [0, 0.1) is 11.6 Å². The molecular formula is C14H7ClF2N2O2. The van der Waals surface area contributed by atoms with E-state index in [-0.39, 0.29) is 28.1 Å². The predicted molar refractivity (Wildman–Crippen MR) is 71.8 cm³/mol. The van der Waals surface area contributed by atoms with Gasteiger partial charge >= 0.3 is 0 Å². The monoisotopic (exact) mass is 308 g/mol. The molecule has 0 aliphatic heterocycles. The van der Waals surface area contributed by atoms with Crippen molar-refractivity contribution in [3.8, 4) is 28.6 Å². The Balaban J connectivity index is 2.03. The Morgan fingerprint density at radius 1 is 1.10 bits per heavy atom. The maximum Gasteiger partial charge on any atom is 0.262 e. The molecule has 0 bridgehead atoms. The number of aromatic nitrogens is 2. The van der Waals surface area contributed by atoms with Crippen LogP contribution < -0.4 is 0 Å². The van der Waals surface area contributed by atoms with Crippen LogP contribution in [0.5, 0.6) is 5.75 Å². The maximum atomic E-state index is 13.2. The van der Waals surface area contributed by atoms with Gasteiger partial charge in [-0.25, -0.2) is 8.78 Å². The van der Waals surface area contributed by atoms with Gasteiger partial charge in [0, 0.05) is 5.56 Å². The van der Waals surface area contributed by atoms with Gasteiger partial charge in [-0.3, -0.25) is 0 Å². The molecule has 7 heteroatoms. The highest BCUT2D eigenvalue weighted by Crippen LogP contribution is 2.30. The van der Waals surface area contributed by atoms with E-state index in [1.807, 2.05) is 0 Å². The predicted octanol–water partition coefficient (Wildman–Crippen LogP) is 4.04. The van der Waals surface area contributed by atoms with E-state index in [2.05, 4.69) is 10.1 Å². The molecule has 21 heavy (non-hydrogen) atoms. The third-order valence-corrected chi connectivity index (χ3v) is 3.08. The summed E-state index contributed by atoms with van der Waals surface area (Å²) in [5.74, 6) is -1.21. The Kier molecular flexibility index (Phi) is 3.31. The van der Waals surface area contributed by atoms with Gasteiger partial charge in [0.2, 0.25) is 5.82 Å². The van der Waals surface area contributed by atoms with E-state index >= 15 is 0 Å². The Hall–Kier alpha value is -2.47. The van der Waals surface area contributed by atoms with Gasteiger partial charge in [-0.05, 0) is 36.4 Å². The third-order valence-electron chi connectivity index (χ3n) is 2.79. The second-order valence-corrected chi connectivity index (χ2v) is 4.62. The number of phenolic OH excluding ortho intramolecular Hbond substituents is 1. The van der Waals surface area contributed by atoms with E-state index in [1.54, 1.807) is 0 Å². The van der Waals surface area contributed by atoms with Crippen molar-refractivity contribution in [2.24, 2.45) is 0 Å². The minimum Gasteiger partial charge on any atom is -0.507 e. The zero-order valence-electron chi connectivity index (χ0n) is 10.3. The lowest BCUT2D eigenvalue weighted by Gasteiger charge is -1.98. The normalized spacial score (nSPS) is 10.8. The summed E-state index contributed by atoms with van der Waals surface area (Å²) in [4.78, 5) is 4.04. The molecule has 0 aliphatic carbocycles. The minimum absolute atomic E-state index is 0.0533. The van der Waals surface area contributed by atoms with Crippen LogP contribution in [0.4, 0.5) is 8.78 Å². The first kappa shape index (κ1) is 13.5. The molecule has 4 nitrogen and oxygen atoms in total. The van der Waals surface area contributed by atoms with E-state index in [0.29, 0.717) is 5.56 Å². The van der Waals surface area contributed by atoms with Crippen LogP contribution in [0.1, 0.15) is 0 Å². The zero-order chi connectivity index (χ0) is 15.0. The third kappa shape index (κ3) is 2.57. The summed E-state index contributed by atoms with van der Waals surface area (Å²) in [6, 6.07) is 7.31. The Morgan fingerprint density at radius 2 is 1.90 bits per heavy atom. The lowest BCUT2D eigenvalue weighted by molar-refractivity contribution is 0.425. The summed E-state index contributed by atoms with van der Waals surface area (Å²) in [5.41, 5.74) is 0.509. The largest absolute Gasteiger partial charge is 0.507 e. The fourth-order valence-corrected chi connectivity index (χ4v) is 1.95. The van der Waals surface area contributed by atoms with Gasteiger partial charge in [0.15, 0.2) is 0 Å². The lowest BCUT2D eigenvalue weighted by atomic mass is 10.2. The van der Waals surface area contributed by atoms with Crippen molar-refractivity contribution < 1.29 is 18.4 Å². The number of phenols is 1. The lowest BCUT2D eigenvalue weighted by Crippen LogP contribution is -1.84. The molecule has 0 atom stereocenters. The van der Waals surface area contributed by atoms with Crippen LogP contribution in [-0.2, 0) is 0 Å². The minimum atomic E-state index is -0.563. The molecule has 0 aliphatic rings. The first-order valence-electron chi connectivity index (χ1n) is 5.82.